The first-order chi connectivity index (χ1) is 19.6. The van der Waals surface area contributed by atoms with E-state index in [0.717, 1.165) is 48.1 Å². The molecule has 0 aliphatic heterocycles. The van der Waals surface area contributed by atoms with Crippen LogP contribution in [0.2, 0.25) is 0 Å². The molecule has 2 aliphatic rings. The smallest absolute Gasteiger partial charge is 0.200 e. The van der Waals surface area contributed by atoms with E-state index in [1.54, 1.807) is 12.1 Å². The molecule has 0 radical (unpaired) electrons. The molecule has 3 aromatic rings. The van der Waals surface area contributed by atoms with E-state index in [0.29, 0.717) is 17.9 Å². The fourth-order valence-corrected chi connectivity index (χ4v) is 7.30. The number of aryl methyl sites for hydroxylation is 1. The number of rotatable bonds is 11. The van der Waals surface area contributed by atoms with E-state index in [2.05, 4.69) is 50.2 Å². The highest BCUT2D eigenvalue weighted by molar-refractivity contribution is 5.64. The predicted molar refractivity (Wildman–Crippen MR) is 162 cm³/mol. The molecule has 2 saturated carbocycles. The maximum atomic E-state index is 14.6. The van der Waals surface area contributed by atoms with Crippen LogP contribution in [0.1, 0.15) is 107 Å². The van der Waals surface area contributed by atoms with Crippen LogP contribution in [0.3, 0.4) is 0 Å². The Morgan fingerprint density at radius 3 is 2.12 bits per heavy atom. The normalized spacial score (nSPS) is 22.6. The van der Waals surface area contributed by atoms with Crippen LogP contribution in [-0.2, 0) is 13.0 Å². The molecular weight excluding hydrogens is 498 g/mol. The molecule has 0 bridgehead atoms. The van der Waals surface area contributed by atoms with Crippen molar-refractivity contribution in [3.63, 3.8) is 0 Å². The van der Waals surface area contributed by atoms with Crippen molar-refractivity contribution < 1.29 is 13.5 Å². The van der Waals surface area contributed by atoms with Crippen LogP contribution in [0.25, 0.3) is 11.1 Å². The van der Waals surface area contributed by atoms with Gasteiger partial charge in [-0.15, -0.1) is 0 Å². The van der Waals surface area contributed by atoms with Gasteiger partial charge >= 0.3 is 0 Å². The average molecular weight is 545 g/mol. The molecule has 4 atom stereocenters. The Morgan fingerprint density at radius 2 is 1.40 bits per heavy atom. The third-order valence-corrected chi connectivity index (χ3v) is 9.66. The van der Waals surface area contributed by atoms with Gasteiger partial charge in [0.15, 0.2) is 11.6 Å². The molecular formula is C37H46F2O. The largest absolute Gasteiger partial charge is 0.486 e. The summed E-state index contributed by atoms with van der Waals surface area (Å²) < 4.78 is 34.7. The fraction of sp³-hybridized carbons (Fsp3) is 0.514. The number of fused-ring (bicyclic) bond motifs is 1. The standard InChI is InChI=1S/C37H46F2O/c1-3-5-6-8-31-21-22-35(37(39)36(31)38)40-25-27-10-12-28(13-11-27)29-15-17-30(18-16-29)33-20-19-32-23-26(7-4-2)9-14-34(32)24-33/h10-13,15-18,21-22,26,32-34H,3-9,14,19-20,23-25H2,1-2H3. The van der Waals surface area contributed by atoms with E-state index in [9.17, 15) is 8.78 Å². The number of hydrogen-bond donors (Lipinski definition) is 0. The van der Waals surface area contributed by atoms with Crippen molar-refractivity contribution in [2.45, 2.75) is 103 Å². The molecule has 3 aromatic carbocycles. The van der Waals surface area contributed by atoms with Crippen LogP contribution in [-0.4, -0.2) is 0 Å². The van der Waals surface area contributed by atoms with Gasteiger partial charge in [0, 0.05) is 0 Å². The van der Waals surface area contributed by atoms with Crippen molar-refractivity contribution in [2.75, 3.05) is 0 Å². The summed E-state index contributed by atoms with van der Waals surface area (Å²) in [6, 6.07) is 20.6. The zero-order chi connectivity index (χ0) is 27.9. The highest BCUT2D eigenvalue weighted by atomic mass is 19.2. The van der Waals surface area contributed by atoms with Gasteiger partial charge in [0.2, 0.25) is 5.82 Å². The monoisotopic (exact) mass is 544 g/mol. The summed E-state index contributed by atoms with van der Waals surface area (Å²) in [6.07, 6.45) is 14.7. The zero-order valence-electron chi connectivity index (χ0n) is 24.4. The van der Waals surface area contributed by atoms with Gasteiger partial charge in [-0.2, -0.15) is 4.39 Å². The Balaban J connectivity index is 1.14. The van der Waals surface area contributed by atoms with Gasteiger partial charge in [-0.3, -0.25) is 0 Å². The molecule has 3 heteroatoms. The molecule has 5 rings (SSSR count). The lowest BCUT2D eigenvalue weighted by molar-refractivity contribution is 0.114. The number of ether oxygens (including phenoxy) is 1. The van der Waals surface area contributed by atoms with E-state index in [1.807, 2.05) is 12.1 Å². The average Bonchev–Trinajstić information content (AvgIpc) is 2.99. The highest BCUT2D eigenvalue weighted by Gasteiger charge is 2.35. The van der Waals surface area contributed by atoms with E-state index in [4.69, 9.17) is 4.74 Å². The summed E-state index contributed by atoms with van der Waals surface area (Å²) in [5.74, 6) is 1.88. The van der Waals surface area contributed by atoms with Crippen molar-refractivity contribution in [3.8, 4) is 16.9 Å². The molecule has 40 heavy (non-hydrogen) atoms. The predicted octanol–water partition coefficient (Wildman–Crippen LogP) is 11.0. The van der Waals surface area contributed by atoms with Crippen LogP contribution < -0.4 is 4.74 Å². The minimum absolute atomic E-state index is 0.0283. The number of hydrogen-bond acceptors (Lipinski definition) is 1. The second-order valence-corrected chi connectivity index (χ2v) is 12.4. The molecule has 0 saturated heterocycles. The molecule has 2 aliphatic carbocycles. The van der Waals surface area contributed by atoms with Crippen molar-refractivity contribution in [1.29, 1.82) is 0 Å². The third-order valence-electron chi connectivity index (χ3n) is 9.66. The quantitative estimate of drug-likeness (QED) is 0.218. The van der Waals surface area contributed by atoms with Crippen LogP contribution in [0, 0.1) is 29.4 Å². The fourth-order valence-electron chi connectivity index (χ4n) is 7.30. The topological polar surface area (TPSA) is 9.23 Å². The Morgan fingerprint density at radius 1 is 0.700 bits per heavy atom. The van der Waals surface area contributed by atoms with Gasteiger partial charge in [0.25, 0.3) is 0 Å². The van der Waals surface area contributed by atoms with Gasteiger partial charge in [-0.25, -0.2) is 4.39 Å². The van der Waals surface area contributed by atoms with Crippen molar-refractivity contribution in [2.24, 2.45) is 17.8 Å². The SMILES string of the molecule is CCCCCc1ccc(OCc2ccc(-c3ccc(C4CCC5CC(CCC)CCC5C4)cc3)cc2)c(F)c1F. The van der Waals surface area contributed by atoms with Gasteiger partial charge in [0.05, 0.1) is 0 Å². The first-order valence-electron chi connectivity index (χ1n) is 15.8. The lowest BCUT2D eigenvalue weighted by atomic mass is 9.63. The van der Waals surface area contributed by atoms with Gasteiger partial charge < -0.3 is 4.74 Å². The molecule has 0 spiro atoms. The highest BCUT2D eigenvalue weighted by Crippen LogP contribution is 2.48. The lowest BCUT2D eigenvalue weighted by Crippen LogP contribution is -2.30. The van der Waals surface area contributed by atoms with E-state index < -0.39 is 11.6 Å². The summed E-state index contributed by atoms with van der Waals surface area (Å²) >= 11 is 0. The molecule has 4 unspecified atom stereocenters. The number of benzene rings is 3. The van der Waals surface area contributed by atoms with Gasteiger partial charge in [-0.1, -0.05) is 101 Å². The van der Waals surface area contributed by atoms with Gasteiger partial charge in [-0.05, 0) is 103 Å². The van der Waals surface area contributed by atoms with Gasteiger partial charge in [0.1, 0.15) is 6.61 Å². The summed E-state index contributed by atoms with van der Waals surface area (Å²) in [6.45, 7) is 4.63. The van der Waals surface area contributed by atoms with Crippen LogP contribution in [0.5, 0.6) is 5.75 Å². The van der Waals surface area contributed by atoms with Crippen LogP contribution in [0.4, 0.5) is 8.78 Å². The molecule has 0 heterocycles. The Bertz CT molecular complexity index is 1220. The van der Waals surface area contributed by atoms with Crippen molar-refractivity contribution in [1.82, 2.24) is 0 Å². The maximum absolute atomic E-state index is 14.6. The second-order valence-electron chi connectivity index (χ2n) is 12.4. The lowest BCUT2D eigenvalue weighted by Gasteiger charge is -2.42. The third kappa shape index (κ3) is 6.96. The molecule has 1 nitrogen and oxygen atoms in total. The number of unbranched alkanes of at least 4 members (excludes halogenated alkanes) is 2. The summed E-state index contributed by atoms with van der Waals surface area (Å²) in [7, 11) is 0. The van der Waals surface area contributed by atoms with E-state index in [1.165, 1.54) is 62.5 Å². The van der Waals surface area contributed by atoms with Crippen molar-refractivity contribution in [3.05, 3.63) is 89.0 Å². The Hall–Kier alpha value is -2.68. The zero-order valence-corrected chi connectivity index (χ0v) is 24.4. The summed E-state index contributed by atoms with van der Waals surface area (Å²) in [5, 5.41) is 0. The first kappa shape index (κ1) is 28.8. The summed E-state index contributed by atoms with van der Waals surface area (Å²) in [5.41, 5.74) is 5.21. The Kier molecular flexibility index (Phi) is 9.94. The molecule has 214 valence electrons. The van der Waals surface area contributed by atoms with E-state index in [-0.39, 0.29) is 12.4 Å². The van der Waals surface area contributed by atoms with E-state index >= 15 is 0 Å². The maximum Gasteiger partial charge on any atom is 0.200 e. The Labute approximate surface area is 240 Å². The molecule has 0 aromatic heterocycles. The van der Waals surface area contributed by atoms with Crippen LogP contribution >= 0.6 is 0 Å². The van der Waals surface area contributed by atoms with Crippen LogP contribution in [0.15, 0.2) is 60.7 Å². The minimum atomic E-state index is -0.886. The molecule has 0 amide bonds. The molecule has 2 fully saturated rings. The summed E-state index contributed by atoms with van der Waals surface area (Å²) in [4.78, 5) is 0. The number of halogens is 2. The van der Waals surface area contributed by atoms with Crippen molar-refractivity contribution >= 4 is 0 Å². The second kappa shape index (κ2) is 13.8. The first-order valence-corrected chi connectivity index (χ1v) is 15.8. The molecule has 0 N–H and O–H groups in total. The minimum Gasteiger partial charge on any atom is -0.486 e.